The SMILES string of the molecule is COCCOCCOCCOCCOCCOCCOCCOCCOCCOCCOCCOCCOCCOCCOCCOCCOCCOCCOCCOCCOCCOCCOC(C)C(=O)OC1CNC(C(=O)NCc2ccc(-c3scnc3C)cc2)C1. The molecular formula is C64H113N3O26S. The first-order chi connectivity index (χ1) is 46.5. The fourth-order valence-corrected chi connectivity index (χ4v) is 8.72. The normalized spacial score (nSPS) is 14.4. The van der Waals surface area contributed by atoms with E-state index in [-0.39, 0.29) is 12.5 Å². The number of nitrogens with one attached hydrogen (secondary N) is 2. The number of ether oxygens (including phenoxy) is 24. The third kappa shape index (κ3) is 52.0. The van der Waals surface area contributed by atoms with E-state index in [0.717, 1.165) is 21.7 Å². The summed E-state index contributed by atoms with van der Waals surface area (Å²) in [5.41, 5.74) is 4.93. The maximum atomic E-state index is 12.8. The van der Waals surface area contributed by atoms with Crippen LogP contribution < -0.4 is 10.6 Å². The van der Waals surface area contributed by atoms with Crippen LogP contribution in [0.1, 0.15) is 24.6 Å². The number of carbonyl (C=O) groups is 2. The van der Waals surface area contributed by atoms with Gasteiger partial charge in [0.15, 0.2) is 6.10 Å². The zero-order chi connectivity index (χ0) is 66.8. The Morgan fingerprint density at radius 1 is 0.436 bits per heavy atom. The number of aryl methyl sites for hydroxylation is 1. The highest BCUT2D eigenvalue weighted by molar-refractivity contribution is 7.13. The Hall–Kier alpha value is -3.17. The molecule has 2 heterocycles. The van der Waals surface area contributed by atoms with E-state index < -0.39 is 24.2 Å². The molecule has 3 rings (SSSR count). The second-order valence-corrected chi connectivity index (χ2v) is 21.2. The fraction of sp³-hybridized carbons (Fsp3) is 0.828. The van der Waals surface area contributed by atoms with Crippen LogP contribution in [-0.2, 0) is 130 Å². The summed E-state index contributed by atoms with van der Waals surface area (Å²) < 4.78 is 132. The van der Waals surface area contributed by atoms with Crippen LogP contribution in [-0.4, -0.2) is 339 Å². The Labute approximate surface area is 561 Å². The molecule has 1 aliphatic rings. The lowest BCUT2D eigenvalue weighted by molar-refractivity contribution is -0.161. The number of esters is 1. The molecule has 0 aliphatic carbocycles. The average Bonchev–Trinajstić information content (AvgIpc) is 1.71. The Kier molecular flexibility index (Phi) is 59.5. The van der Waals surface area contributed by atoms with E-state index in [1.165, 1.54) is 0 Å². The zero-order valence-corrected chi connectivity index (χ0v) is 57.1. The third-order valence-corrected chi connectivity index (χ3v) is 13.9. The molecule has 1 aromatic carbocycles. The summed E-state index contributed by atoms with van der Waals surface area (Å²) in [6.45, 7) is 25.2. The van der Waals surface area contributed by atoms with Crippen LogP contribution in [0, 0.1) is 6.92 Å². The van der Waals surface area contributed by atoms with Gasteiger partial charge in [0.05, 0.1) is 313 Å². The first kappa shape index (κ1) is 85.1. The Balaban J connectivity index is 0.878. The summed E-state index contributed by atoms with van der Waals surface area (Å²) in [6.07, 6.45) is -0.798. The van der Waals surface area contributed by atoms with Gasteiger partial charge in [-0.15, -0.1) is 11.3 Å². The van der Waals surface area contributed by atoms with Crippen LogP contribution in [0.25, 0.3) is 10.4 Å². The number of aromatic nitrogens is 1. The topological polar surface area (TPSA) is 293 Å². The summed E-state index contributed by atoms with van der Waals surface area (Å²) in [5, 5.41) is 6.12. The van der Waals surface area contributed by atoms with Crippen LogP contribution >= 0.6 is 11.3 Å². The molecule has 2 aromatic rings. The number of nitrogens with zero attached hydrogens (tertiary/aromatic N) is 1. The van der Waals surface area contributed by atoms with E-state index in [1.807, 2.05) is 36.7 Å². The monoisotopic (exact) mass is 1370 g/mol. The minimum absolute atomic E-state index is 0.136. The lowest BCUT2D eigenvalue weighted by Crippen LogP contribution is -2.40. The Bertz CT molecular complexity index is 1960. The molecule has 0 radical (unpaired) electrons. The lowest BCUT2D eigenvalue weighted by Gasteiger charge is -2.16. The van der Waals surface area contributed by atoms with Crippen LogP contribution in [0.3, 0.4) is 0 Å². The molecule has 546 valence electrons. The fourth-order valence-electron chi connectivity index (χ4n) is 7.91. The van der Waals surface area contributed by atoms with Crippen molar-refractivity contribution in [3.63, 3.8) is 0 Å². The summed E-state index contributed by atoms with van der Waals surface area (Å²) in [5.74, 6) is -0.615. The van der Waals surface area contributed by atoms with Gasteiger partial charge in [0.25, 0.3) is 0 Å². The minimum Gasteiger partial charge on any atom is -0.459 e. The predicted molar refractivity (Wildman–Crippen MR) is 345 cm³/mol. The van der Waals surface area contributed by atoms with Crippen LogP contribution in [0.15, 0.2) is 29.8 Å². The van der Waals surface area contributed by atoms with Crippen molar-refractivity contribution in [3.05, 3.63) is 41.0 Å². The molecule has 0 spiro atoms. The number of amides is 1. The molecule has 0 bridgehead atoms. The zero-order valence-electron chi connectivity index (χ0n) is 56.3. The summed E-state index contributed by atoms with van der Waals surface area (Å²) in [4.78, 5) is 30.8. The molecule has 0 saturated carbocycles. The van der Waals surface area contributed by atoms with Gasteiger partial charge in [0.2, 0.25) is 5.91 Å². The minimum atomic E-state index is -0.768. The van der Waals surface area contributed by atoms with Gasteiger partial charge in [-0.2, -0.15) is 0 Å². The summed E-state index contributed by atoms with van der Waals surface area (Å²) in [7, 11) is 1.64. The molecule has 1 aliphatic heterocycles. The number of methoxy groups -OCH3 is 1. The lowest BCUT2D eigenvalue weighted by atomic mass is 10.1. The maximum absolute atomic E-state index is 12.8. The van der Waals surface area contributed by atoms with Gasteiger partial charge in [-0.05, 0) is 25.0 Å². The van der Waals surface area contributed by atoms with Gasteiger partial charge in [0, 0.05) is 26.6 Å². The van der Waals surface area contributed by atoms with Gasteiger partial charge >= 0.3 is 5.97 Å². The smallest absolute Gasteiger partial charge is 0.335 e. The van der Waals surface area contributed by atoms with Crippen molar-refractivity contribution >= 4 is 23.2 Å². The predicted octanol–water partition coefficient (Wildman–Crippen LogP) is 2.41. The first-order valence-electron chi connectivity index (χ1n) is 32.9. The number of benzene rings is 1. The van der Waals surface area contributed by atoms with Gasteiger partial charge in [-0.3, -0.25) is 4.79 Å². The number of rotatable bonds is 73. The molecule has 29 nitrogen and oxygen atoms in total. The Morgan fingerprint density at radius 3 is 0.979 bits per heavy atom. The maximum Gasteiger partial charge on any atom is 0.335 e. The van der Waals surface area contributed by atoms with Crippen LogP contribution in [0.4, 0.5) is 0 Å². The molecule has 1 fully saturated rings. The standard InChI is InChI=1S/C64H113N3O26S/c1-56-62(94-55-67-56)59-6-4-58(5-7-59)53-66-63(68)61-52-60(54-65-61)93-64(69)57(2)92-51-50-91-49-48-90-47-46-89-45-44-88-43-42-87-41-40-86-39-38-85-37-36-84-35-34-83-33-32-82-31-30-81-29-28-80-27-26-79-25-24-78-23-22-77-21-20-76-19-18-75-17-16-74-15-14-73-13-12-72-11-10-71-9-8-70-3/h4-7,55,57,60-61,65H,8-54H2,1-3H3,(H,66,68). The van der Waals surface area contributed by atoms with Crippen LogP contribution in [0.2, 0.25) is 0 Å². The number of carbonyl (C=O) groups excluding carboxylic acids is 2. The third-order valence-electron chi connectivity index (χ3n) is 12.9. The van der Waals surface area contributed by atoms with E-state index in [0.29, 0.717) is 304 Å². The molecule has 1 saturated heterocycles. The van der Waals surface area contributed by atoms with Crippen molar-refractivity contribution in [3.8, 4) is 10.4 Å². The van der Waals surface area contributed by atoms with E-state index in [1.54, 1.807) is 25.4 Å². The second-order valence-electron chi connectivity index (χ2n) is 20.3. The van der Waals surface area contributed by atoms with Crippen molar-refractivity contribution < 1.29 is 123 Å². The van der Waals surface area contributed by atoms with Crippen molar-refractivity contribution in [2.45, 2.75) is 45.1 Å². The molecular weight excluding hydrogens is 1260 g/mol. The van der Waals surface area contributed by atoms with Gasteiger partial charge < -0.3 is 124 Å². The summed E-state index contributed by atoms with van der Waals surface area (Å²) >= 11 is 1.60. The van der Waals surface area contributed by atoms with E-state index in [9.17, 15) is 9.59 Å². The van der Waals surface area contributed by atoms with E-state index in [2.05, 4.69) is 15.6 Å². The quantitative estimate of drug-likeness (QED) is 0.0710. The van der Waals surface area contributed by atoms with Crippen LogP contribution in [0.5, 0.6) is 0 Å². The second kappa shape index (κ2) is 65.7. The largest absolute Gasteiger partial charge is 0.459 e. The van der Waals surface area contributed by atoms with Crippen molar-refractivity contribution in [2.75, 3.05) is 304 Å². The molecule has 3 unspecified atom stereocenters. The first-order valence-corrected chi connectivity index (χ1v) is 33.8. The van der Waals surface area contributed by atoms with Crippen molar-refractivity contribution in [2.24, 2.45) is 0 Å². The molecule has 3 atom stereocenters. The number of hydrogen-bond donors (Lipinski definition) is 2. The highest BCUT2D eigenvalue weighted by Gasteiger charge is 2.33. The highest BCUT2D eigenvalue weighted by Crippen LogP contribution is 2.27. The highest BCUT2D eigenvalue weighted by atomic mass is 32.1. The Morgan fingerprint density at radius 2 is 0.713 bits per heavy atom. The molecule has 30 heteroatoms. The molecule has 94 heavy (non-hydrogen) atoms. The molecule has 1 amide bonds. The van der Waals surface area contributed by atoms with E-state index >= 15 is 0 Å². The summed E-state index contributed by atoms with van der Waals surface area (Å²) in [6, 6.07) is 7.63. The van der Waals surface area contributed by atoms with Gasteiger partial charge in [-0.1, -0.05) is 24.3 Å². The number of hydrogen-bond acceptors (Lipinski definition) is 29. The number of thiazole rings is 1. The van der Waals surface area contributed by atoms with E-state index in [4.69, 9.17) is 114 Å². The van der Waals surface area contributed by atoms with Gasteiger partial charge in [-0.25, -0.2) is 9.78 Å². The molecule has 2 N–H and O–H groups in total. The van der Waals surface area contributed by atoms with Crippen molar-refractivity contribution in [1.82, 2.24) is 15.6 Å². The van der Waals surface area contributed by atoms with Gasteiger partial charge in [0.1, 0.15) is 6.10 Å². The molecule has 1 aromatic heterocycles. The average molecular weight is 1370 g/mol. The van der Waals surface area contributed by atoms with Crippen molar-refractivity contribution in [1.29, 1.82) is 0 Å².